The number of hydrogen-bond acceptors (Lipinski definition) is 5. The van der Waals surface area contributed by atoms with Crippen LogP contribution in [0.1, 0.15) is 56.6 Å². The van der Waals surface area contributed by atoms with E-state index in [1.165, 1.54) is 19.1 Å². The Balaban J connectivity index is 0.000000330. The van der Waals surface area contributed by atoms with Gasteiger partial charge >= 0.3 is 0 Å². The quantitative estimate of drug-likeness (QED) is 0.661. The number of ether oxygens (including phenoxy) is 2. The van der Waals surface area contributed by atoms with Crippen LogP contribution in [0.4, 0.5) is 0 Å². The monoisotopic (exact) mass is 423 g/mol. The van der Waals surface area contributed by atoms with Crippen molar-refractivity contribution in [3.63, 3.8) is 0 Å². The van der Waals surface area contributed by atoms with Gasteiger partial charge in [0.2, 0.25) is 0 Å². The van der Waals surface area contributed by atoms with Gasteiger partial charge in [-0.2, -0.15) is 0 Å². The fourth-order valence-corrected chi connectivity index (χ4v) is 4.21. The maximum atomic E-state index is 7.74. The Morgan fingerprint density at radius 1 is 1.00 bits per heavy atom. The van der Waals surface area contributed by atoms with E-state index in [1.807, 2.05) is 37.3 Å². The lowest BCUT2D eigenvalue weighted by Crippen LogP contribution is -2.19. The highest BCUT2D eigenvalue weighted by atomic mass is 16.5. The molecule has 0 spiro atoms. The third kappa shape index (κ3) is 6.94. The van der Waals surface area contributed by atoms with E-state index in [9.17, 15) is 0 Å². The molecule has 1 unspecified atom stereocenters. The molecule has 0 radical (unpaired) electrons. The van der Waals surface area contributed by atoms with Crippen LogP contribution >= 0.6 is 0 Å². The van der Waals surface area contributed by atoms with E-state index in [1.54, 1.807) is 0 Å². The van der Waals surface area contributed by atoms with Crippen LogP contribution in [0.5, 0.6) is 0 Å². The number of benzene rings is 1. The Kier molecular flexibility index (Phi) is 9.16. The second kappa shape index (κ2) is 12.1. The Morgan fingerprint density at radius 3 is 2.39 bits per heavy atom. The lowest BCUT2D eigenvalue weighted by Gasteiger charge is -2.20. The van der Waals surface area contributed by atoms with E-state index in [2.05, 4.69) is 18.8 Å². The highest BCUT2D eigenvalue weighted by Crippen LogP contribution is 2.27. The Bertz CT molecular complexity index is 819. The normalized spacial score (nSPS) is 22.2. The van der Waals surface area contributed by atoms with E-state index >= 15 is 0 Å². The topological polar surface area (TPSA) is 68.1 Å². The maximum Gasteiger partial charge on any atom is 0.129 e. The number of aryl methyl sites for hydroxylation is 1. The van der Waals surface area contributed by atoms with E-state index in [0.29, 0.717) is 11.8 Å². The molecule has 5 heteroatoms. The molecule has 0 bridgehead atoms. The largest absolute Gasteiger partial charge is 0.381 e. The summed E-state index contributed by atoms with van der Waals surface area (Å²) in [6.07, 6.45) is 7.04. The zero-order valence-corrected chi connectivity index (χ0v) is 19.3. The average Bonchev–Trinajstić information content (AvgIpc) is 2.99. The molecule has 0 amide bonds. The molecule has 2 aliphatic heterocycles. The molecule has 2 atom stereocenters. The Labute approximate surface area is 187 Å². The minimum atomic E-state index is 0.527. The first-order valence-corrected chi connectivity index (χ1v) is 11.7. The summed E-state index contributed by atoms with van der Waals surface area (Å²) in [4.78, 5) is 9.52. The lowest BCUT2D eigenvalue weighted by molar-refractivity contribution is 0.0716. The number of nitrogens with one attached hydrogen (secondary N) is 1. The summed E-state index contributed by atoms with van der Waals surface area (Å²) in [6, 6.07) is 10.1. The molecule has 2 saturated heterocycles. The third-order valence-corrected chi connectivity index (χ3v) is 6.38. The predicted molar refractivity (Wildman–Crippen MR) is 126 cm³/mol. The van der Waals surface area contributed by atoms with Gasteiger partial charge in [-0.15, -0.1) is 0 Å². The van der Waals surface area contributed by atoms with Gasteiger partial charge in [0.05, 0.1) is 11.4 Å². The summed E-state index contributed by atoms with van der Waals surface area (Å²) in [5, 5.41) is 7.74. The molecule has 0 aliphatic carbocycles. The van der Waals surface area contributed by atoms with E-state index in [-0.39, 0.29) is 0 Å². The molecule has 2 fully saturated rings. The van der Waals surface area contributed by atoms with E-state index in [4.69, 9.17) is 19.9 Å². The fraction of sp³-hybridized carbons (Fsp3) is 0.577. The molecule has 1 aromatic heterocycles. The predicted octanol–water partition coefficient (Wildman–Crippen LogP) is 5.49. The van der Waals surface area contributed by atoms with Crippen molar-refractivity contribution in [1.29, 1.82) is 5.41 Å². The SMILES string of the molecule is CC1CCOCC1.Cc1nc(CC2CCCOC[C@@H]2C)nc(-c2ccccc2)c1C=N. The van der Waals surface area contributed by atoms with Crippen molar-refractivity contribution in [2.75, 3.05) is 26.4 Å². The molecular formula is C26H37N3O2. The van der Waals surface area contributed by atoms with E-state index < -0.39 is 0 Å². The second-order valence-electron chi connectivity index (χ2n) is 8.95. The third-order valence-electron chi connectivity index (χ3n) is 6.38. The number of hydrogen-bond donors (Lipinski definition) is 1. The van der Waals surface area contributed by atoms with Crippen molar-refractivity contribution >= 4 is 6.21 Å². The summed E-state index contributed by atoms with van der Waals surface area (Å²) in [7, 11) is 0. The number of rotatable bonds is 4. The standard InChI is InChI=1S/C20H25N3O.C6H12O/c1-14-13-24-10-6-9-17(14)11-19-22-15(2)18(12-21)20(23-19)16-7-4-3-5-8-16;1-6-2-4-7-5-3-6/h3-5,7-8,12,14,17,21H,6,9-11,13H2,1-2H3;6H,2-5H2,1H3/t14-,17?;/m0./s1. The number of aromatic nitrogens is 2. The molecule has 3 heterocycles. The van der Waals surface area contributed by atoms with Crippen LogP contribution in [0.15, 0.2) is 30.3 Å². The first kappa shape index (κ1) is 23.6. The maximum absolute atomic E-state index is 7.74. The summed E-state index contributed by atoms with van der Waals surface area (Å²) < 4.78 is 10.8. The summed E-state index contributed by atoms with van der Waals surface area (Å²) >= 11 is 0. The van der Waals surface area contributed by atoms with E-state index in [0.717, 1.165) is 79.9 Å². The highest BCUT2D eigenvalue weighted by molar-refractivity contribution is 5.88. The van der Waals surface area contributed by atoms with Gasteiger partial charge in [0, 0.05) is 50.2 Å². The van der Waals surface area contributed by atoms with Crippen molar-refractivity contribution in [2.24, 2.45) is 17.8 Å². The van der Waals surface area contributed by atoms with Crippen molar-refractivity contribution in [3.8, 4) is 11.3 Å². The number of nitrogens with zero attached hydrogens (tertiary/aromatic N) is 2. The first-order chi connectivity index (χ1) is 15.1. The van der Waals surface area contributed by atoms with Gasteiger partial charge in [-0.1, -0.05) is 44.2 Å². The zero-order valence-electron chi connectivity index (χ0n) is 19.3. The molecule has 2 aliphatic rings. The molecule has 168 valence electrons. The average molecular weight is 424 g/mol. The van der Waals surface area contributed by atoms with Crippen molar-refractivity contribution < 1.29 is 9.47 Å². The van der Waals surface area contributed by atoms with Crippen LogP contribution in [0.3, 0.4) is 0 Å². The fourth-order valence-electron chi connectivity index (χ4n) is 4.21. The van der Waals surface area contributed by atoms with Gasteiger partial charge in [-0.3, -0.25) is 0 Å². The molecule has 2 aromatic rings. The zero-order chi connectivity index (χ0) is 22.1. The second-order valence-corrected chi connectivity index (χ2v) is 8.95. The van der Waals surface area contributed by atoms with Gasteiger partial charge in [0.25, 0.3) is 0 Å². The van der Waals surface area contributed by atoms with Gasteiger partial charge in [-0.25, -0.2) is 9.97 Å². The molecule has 31 heavy (non-hydrogen) atoms. The molecule has 0 saturated carbocycles. The lowest BCUT2D eigenvalue weighted by atomic mass is 9.88. The highest BCUT2D eigenvalue weighted by Gasteiger charge is 2.23. The summed E-state index contributed by atoms with van der Waals surface area (Å²) in [5.41, 5.74) is 3.60. The molecule has 5 nitrogen and oxygen atoms in total. The van der Waals surface area contributed by atoms with Crippen LogP contribution in [0.2, 0.25) is 0 Å². The van der Waals surface area contributed by atoms with Crippen molar-refractivity contribution in [3.05, 3.63) is 47.4 Å². The van der Waals surface area contributed by atoms with Gasteiger partial charge < -0.3 is 14.9 Å². The molecule has 1 aromatic carbocycles. The van der Waals surface area contributed by atoms with Crippen LogP contribution < -0.4 is 0 Å². The molecule has 1 N–H and O–H groups in total. The van der Waals surface area contributed by atoms with Crippen molar-refractivity contribution in [1.82, 2.24) is 9.97 Å². The minimum Gasteiger partial charge on any atom is -0.381 e. The summed E-state index contributed by atoms with van der Waals surface area (Å²) in [6.45, 7) is 10.2. The van der Waals surface area contributed by atoms with Crippen LogP contribution in [0, 0.1) is 30.1 Å². The first-order valence-electron chi connectivity index (χ1n) is 11.7. The van der Waals surface area contributed by atoms with Gasteiger partial charge in [0.1, 0.15) is 5.82 Å². The van der Waals surface area contributed by atoms with Gasteiger partial charge in [0.15, 0.2) is 0 Å². The van der Waals surface area contributed by atoms with Crippen LogP contribution in [-0.2, 0) is 15.9 Å². The molecular weight excluding hydrogens is 386 g/mol. The van der Waals surface area contributed by atoms with Gasteiger partial charge in [-0.05, 0) is 50.4 Å². The van der Waals surface area contributed by atoms with Crippen molar-refractivity contribution in [2.45, 2.75) is 52.9 Å². The minimum absolute atomic E-state index is 0.527. The smallest absolute Gasteiger partial charge is 0.129 e. The molecule has 4 rings (SSSR count). The summed E-state index contributed by atoms with van der Waals surface area (Å²) in [5.74, 6) is 2.88. The van der Waals surface area contributed by atoms with Crippen LogP contribution in [-0.4, -0.2) is 42.6 Å². The van der Waals surface area contributed by atoms with Crippen LogP contribution in [0.25, 0.3) is 11.3 Å². The Morgan fingerprint density at radius 2 is 1.74 bits per heavy atom. The Hall–Kier alpha value is -2.11.